The zero-order valence-electron chi connectivity index (χ0n) is 17.4. The number of hydrogen-bond donors (Lipinski definition) is 0. The van der Waals surface area contributed by atoms with Crippen LogP contribution in [0.25, 0.3) is 0 Å². The molecule has 168 valence electrons. The third kappa shape index (κ3) is 2.61. The van der Waals surface area contributed by atoms with Crippen molar-refractivity contribution in [2.45, 2.75) is 11.7 Å². The fourth-order valence-corrected chi connectivity index (χ4v) is 5.63. The molecular weight excluding hydrogens is 477 g/mol. The fraction of sp³-hybridized carbons (Fsp3) is 0.154. The largest absolute Gasteiger partial charge is 0.349 e. The van der Waals surface area contributed by atoms with Gasteiger partial charge in [-0.3, -0.25) is 19.2 Å². The summed E-state index contributed by atoms with van der Waals surface area (Å²) < 4.78 is 6.22. The second-order valence-corrected chi connectivity index (χ2v) is 9.32. The van der Waals surface area contributed by atoms with Crippen molar-refractivity contribution in [1.29, 1.82) is 0 Å². The molecule has 2 heterocycles. The predicted molar refractivity (Wildman–Crippen MR) is 124 cm³/mol. The van der Waals surface area contributed by atoms with Crippen LogP contribution in [-0.2, 0) is 14.3 Å². The molecule has 3 aromatic carbocycles. The second kappa shape index (κ2) is 7.34. The Bertz CT molecular complexity index is 1380. The molecule has 0 unspecified atom stereocenters. The lowest BCUT2D eigenvalue weighted by molar-refractivity contribution is -0.127. The summed E-state index contributed by atoms with van der Waals surface area (Å²) in [7, 11) is 0. The van der Waals surface area contributed by atoms with E-state index in [1.807, 2.05) is 0 Å². The zero-order chi connectivity index (χ0) is 23.8. The van der Waals surface area contributed by atoms with Crippen molar-refractivity contribution in [1.82, 2.24) is 0 Å². The van der Waals surface area contributed by atoms with Crippen LogP contribution in [-0.4, -0.2) is 29.0 Å². The fourth-order valence-electron chi connectivity index (χ4n) is 5.34. The maximum Gasteiger partial charge on any atom is 0.241 e. The number of imide groups is 1. The zero-order valence-corrected chi connectivity index (χ0v) is 18.9. The number of hydrogen-bond acceptors (Lipinski definition) is 5. The Hall–Kier alpha value is -3.32. The number of anilines is 1. The summed E-state index contributed by atoms with van der Waals surface area (Å²) in [5.74, 6) is -4.81. The van der Waals surface area contributed by atoms with Gasteiger partial charge >= 0.3 is 0 Å². The summed E-state index contributed by atoms with van der Waals surface area (Å²) in [6.45, 7) is 0. The monoisotopic (exact) mass is 491 g/mol. The van der Waals surface area contributed by atoms with Crippen LogP contribution in [0.3, 0.4) is 0 Å². The van der Waals surface area contributed by atoms with Gasteiger partial charge in [0.25, 0.3) is 0 Å². The number of carbonyl (C=O) groups excluding carboxylic acids is 4. The minimum atomic E-state index is -2.10. The Morgan fingerprint density at radius 3 is 1.97 bits per heavy atom. The van der Waals surface area contributed by atoms with Gasteiger partial charge in [0.05, 0.1) is 33.7 Å². The topological polar surface area (TPSA) is 80.8 Å². The average Bonchev–Trinajstić information content (AvgIpc) is 3.42. The first-order chi connectivity index (χ1) is 16.4. The molecule has 3 aromatic rings. The van der Waals surface area contributed by atoms with Gasteiger partial charge in [-0.25, -0.2) is 4.90 Å². The minimum Gasteiger partial charge on any atom is -0.349 e. The number of amides is 2. The molecule has 0 radical (unpaired) electrons. The van der Waals surface area contributed by atoms with Gasteiger partial charge in [0.2, 0.25) is 29.0 Å². The molecule has 2 saturated heterocycles. The summed E-state index contributed by atoms with van der Waals surface area (Å²) >= 11 is 12.2. The molecule has 0 bridgehead atoms. The summed E-state index contributed by atoms with van der Waals surface area (Å²) in [6.07, 6.45) is -0.961. The van der Waals surface area contributed by atoms with Crippen molar-refractivity contribution in [3.63, 3.8) is 0 Å². The van der Waals surface area contributed by atoms with Crippen LogP contribution in [0.4, 0.5) is 5.69 Å². The van der Waals surface area contributed by atoms with Crippen LogP contribution >= 0.6 is 23.2 Å². The smallest absolute Gasteiger partial charge is 0.241 e. The average molecular weight is 492 g/mol. The molecule has 0 N–H and O–H groups in total. The van der Waals surface area contributed by atoms with Crippen molar-refractivity contribution in [3.05, 3.63) is 99.5 Å². The Labute approximate surface area is 204 Å². The maximum absolute atomic E-state index is 13.8. The Balaban J connectivity index is 1.55. The van der Waals surface area contributed by atoms with E-state index in [0.29, 0.717) is 5.56 Å². The maximum atomic E-state index is 13.8. The number of Topliss-reactive ketones (excluding diaryl/α,β-unsaturated/α-hetero) is 2. The molecular formula is C26H15Cl2NO5. The number of fused-ring (bicyclic) bond motifs is 3. The molecule has 2 fully saturated rings. The molecule has 0 saturated carbocycles. The van der Waals surface area contributed by atoms with Crippen LogP contribution in [0, 0.1) is 11.8 Å². The van der Waals surface area contributed by atoms with Gasteiger partial charge in [-0.2, -0.15) is 0 Å². The number of benzene rings is 3. The van der Waals surface area contributed by atoms with Crippen LogP contribution in [0.1, 0.15) is 32.4 Å². The van der Waals surface area contributed by atoms with Crippen molar-refractivity contribution < 1.29 is 23.9 Å². The molecule has 3 atom stereocenters. The lowest BCUT2D eigenvalue weighted by Gasteiger charge is -2.27. The van der Waals surface area contributed by atoms with Crippen molar-refractivity contribution >= 4 is 52.3 Å². The van der Waals surface area contributed by atoms with E-state index in [-0.39, 0.29) is 26.9 Å². The lowest BCUT2D eigenvalue weighted by Crippen LogP contribution is -2.51. The van der Waals surface area contributed by atoms with E-state index < -0.39 is 46.9 Å². The van der Waals surface area contributed by atoms with Gasteiger partial charge in [-0.05, 0) is 23.8 Å². The van der Waals surface area contributed by atoms with Crippen LogP contribution in [0.15, 0.2) is 72.8 Å². The molecule has 1 aliphatic carbocycles. The number of nitrogens with zero attached hydrogens (tertiary/aromatic N) is 1. The Kier molecular flexibility index (Phi) is 4.58. The van der Waals surface area contributed by atoms with E-state index in [1.165, 1.54) is 30.3 Å². The molecule has 34 heavy (non-hydrogen) atoms. The summed E-state index contributed by atoms with van der Waals surface area (Å²) in [5, 5.41) is 0.436. The normalized spacial score (nSPS) is 24.8. The van der Waals surface area contributed by atoms with Crippen LogP contribution < -0.4 is 4.90 Å². The van der Waals surface area contributed by atoms with E-state index in [2.05, 4.69) is 0 Å². The highest BCUT2D eigenvalue weighted by Gasteiger charge is 2.74. The third-order valence-electron chi connectivity index (χ3n) is 6.81. The number of ketones is 2. The van der Waals surface area contributed by atoms with E-state index in [9.17, 15) is 19.2 Å². The molecule has 8 heteroatoms. The van der Waals surface area contributed by atoms with Crippen molar-refractivity contribution in [2.24, 2.45) is 11.8 Å². The molecule has 0 aromatic heterocycles. The third-order valence-corrected chi connectivity index (χ3v) is 7.55. The molecule has 6 nitrogen and oxygen atoms in total. The summed E-state index contributed by atoms with van der Waals surface area (Å²) in [4.78, 5) is 55.9. The van der Waals surface area contributed by atoms with Crippen molar-refractivity contribution in [2.75, 3.05) is 4.90 Å². The summed E-state index contributed by atoms with van der Waals surface area (Å²) in [6, 6.07) is 19.6. The SMILES string of the molecule is O=C1[C@@H]2[C@@H](c3ccccc3)OC3(C(=O)c4ccccc4C3=O)[C@H]2C(=O)N1c1ccc(Cl)c(Cl)c1. The number of carbonyl (C=O) groups is 4. The van der Waals surface area contributed by atoms with Gasteiger partial charge < -0.3 is 4.74 Å². The molecule has 3 aliphatic rings. The quantitative estimate of drug-likeness (QED) is 0.383. The van der Waals surface area contributed by atoms with E-state index in [0.717, 1.165) is 4.90 Å². The first-order valence-electron chi connectivity index (χ1n) is 10.6. The Morgan fingerprint density at radius 2 is 1.35 bits per heavy atom. The summed E-state index contributed by atoms with van der Waals surface area (Å²) in [5.41, 5.74) is -0.910. The predicted octanol–water partition coefficient (Wildman–Crippen LogP) is 4.69. The van der Waals surface area contributed by atoms with Crippen LogP contribution in [0.5, 0.6) is 0 Å². The highest BCUT2D eigenvalue weighted by Crippen LogP contribution is 2.57. The first kappa shape index (κ1) is 21.2. The molecule has 1 spiro atoms. The van der Waals surface area contributed by atoms with Gasteiger partial charge in [-0.1, -0.05) is 77.8 Å². The first-order valence-corrected chi connectivity index (χ1v) is 11.4. The number of ether oxygens (including phenoxy) is 1. The molecule has 2 aliphatic heterocycles. The second-order valence-electron chi connectivity index (χ2n) is 8.50. The highest BCUT2D eigenvalue weighted by atomic mass is 35.5. The Morgan fingerprint density at radius 1 is 0.735 bits per heavy atom. The number of halogens is 2. The van der Waals surface area contributed by atoms with Gasteiger partial charge in [0.15, 0.2) is 0 Å². The van der Waals surface area contributed by atoms with Gasteiger partial charge in [0.1, 0.15) is 0 Å². The highest BCUT2D eigenvalue weighted by molar-refractivity contribution is 6.42. The van der Waals surface area contributed by atoms with E-state index >= 15 is 0 Å². The van der Waals surface area contributed by atoms with Crippen molar-refractivity contribution in [3.8, 4) is 0 Å². The number of rotatable bonds is 2. The van der Waals surface area contributed by atoms with E-state index in [4.69, 9.17) is 27.9 Å². The standard InChI is InChI=1S/C26H15Cl2NO5/c27-17-11-10-14(12-18(17)28)29-24(32)19-20(25(29)33)26(34-21(19)13-6-2-1-3-7-13)22(30)15-8-4-5-9-16(15)23(26)31/h1-12,19-21H/t19-,20+,21+/m0/s1. The van der Waals surface area contributed by atoms with Gasteiger partial charge in [0, 0.05) is 11.1 Å². The minimum absolute atomic E-state index is 0.169. The molecule has 2 amide bonds. The lowest BCUT2D eigenvalue weighted by atomic mass is 9.77. The van der Waals surface area contributed by atoms with E-state index in [1.54, 1.807) is 42.5 Å². The molecule has 6 rings (SSSR count). The van der Waals surface area contributed by atoms with Gasteiger partial charge in [-0.15, -0.1) is 0 Å². The van der Waals surface area contributed by atoms with Crippen LogP contribution in [0.2, 0.25) is 10.0 Å².